The number of amides is 1. The predicted octanol–water partition coefficient (Wildman–Crippen LogP) is 4.11. The molecule has 1 aliphatic heterocycles. The standard InChI is InChI=1S/C24H28N2O5S/c1-17-9-11-20(12-10-17)32(28,29)26-15-4-3-7-19(26)13-14-25-24(27)22-16-18-6-5-8-21(30-2)23(18)31-22/h5-6,8-12,16,19H,3-4,7,13-15H2,1-2H3,(H,25,27)/t19-/m1/s1. The quantitative estimate of drug-likeness (QED) is 0.578. The molecule has 2 heterocycles. The molecule has 2 aromatic carbocycles. The summed E-state index contributed by atoms with van der Waals surface area (Å²) in [6.45, 7) is 2.79. The van der Waals surface area contributed by atoms with Crippen molar-refractivity contribution < 1.29 is 22.4 Å². The van der Waals surface area contributed by atoms with E-state index in [1.807, 2.05) is 31.2 Å². The van der Waals surface area contributed by atoms with Gasteiger partial charge in [0, 0.05) is 24.5 Å². The lowest BCUT2D eigenvalue weighted by molar-refractivity contribution is 0.0924. The monoisotopic (exact) mass is 456 g/mol. The van der Waals surface area contributed by atoms with Gasteiger partial charge in [-0.1, -0.05) is 36.2 Å². The van der Waals surface area contributed by atoms with Crippen molar-refractivity contribution in [1.82, 2.24) is 9.62 Å². The summed E-state index contributed by atoms with van der Waals surface area (Å²) in [6, 6.07) is 14.0. The van der Waals surface area contributed by atoms with E-state index in [9.17, 15) is 13.2 Å². The number of nitrogens with one attached hydrogen (secondary N) is 1. The van der Waals surface area contributed by atoms with Crippen LogP contribution in [0.4, 0.5) is 0 Å². The number of hydrogen-bond donors (Lipinski definition) is 1. The third-order valence-electron chi connectivity index (χ3n) is 5.92. The minimum Gasteiger partial charge on any atom is -0.493 e. The zero-order valence-corrected chi connectivity index (χ0v) is 19.2. The Hall–Kier alpha value is -2.84. The number of carbonyl (C=O) groups is 1. The van der Waals surface area contributed by atoms with Gasteiger partial charge in [0.05, 0.1) is 12.0 Å². The number of fused-ring (bicyclic) bond motifs is 1. The third-order valence-corrected chi connectivity index (χ3v) is 7.88. The third kappa shape index (κ3) is 4.52. The highest BCUT2D eigenvalue weighted by Gasteiger charge is 2.33. The summed E-state index contributed by atoms with van der Waals surface area (Å²) < 4.78 is 39.0. The molecule has 3 aromatic rings. The van der Waals surface area contributed by atoms with Crippen LogP contribution in [0.1, 0.15) is 41.8 Å². The van der Waals surface area contributed by atoms with Gasteiger partial charge in [-0.05, 0) is 50.5 Å². The highest BCUT2D eigenvalue weighted by atomic mass is 32.2. The fraction of sp³-hybridized carbons (Fsp3) is 0.375. The molecule has 170 valence electrons. The number of nitrogens with zero attached hydrogens (tertiary/aromatic N) is 1. The Morgan fingerprint density at radius 1 is 1.19 bits per heavy atom. The number of carbonyl (C=O) groups excluding carboxylic acids is 1. The van der Waals surface area contributed by atoms with Gasteiger partial charge in [0.25, 0.3) is 5.91 Å². The number of aryl methyl sites for hydroxylation is 1. The zero-order valence-electron chi connectivity index (χ0n) is 18.3. The van der Waals surface area contributed by atoms with Crippen LogP contribution in [-0.2, 0) is 10.0 Å². The Morgan fingerprint density at radius 2 is 1.97 bits per heavy atom. The number of furan rings is 1. The molecule has 4 rings (SSSR count). The van der Waals surface area contributed by atoms with E-state index in [-0.39, 0.29) is 17.7 Å². The summed E-state index contributed by atoms with van der Waals surface area (Å²) in [5.74, 6) is 0.449. The predicted molar refractivity (Wildman–Crippen MR) is 122 cm³/mol. The number of ether oxygens (including phenoxy) is 1. The molecule has 0 bridgehead atoms. The molecular weight excluding hydrogens is 428 g/mol. The van der Waals surface area contributed by atoms with Crippen LogP contribution in [0.25, 0.3) is 11.0 Å². The first-order valence-corrected chi connectivity index (χ1v) is 12.3. The second-order valence-corrected chi connectivity index (χ2v) is 10.0. The molecule has 0 radical (unpaired) electrons. The molecule has 0 spiro atoms. The van der Waals surface area contributed by atoms with Crippen molar-refractivity contribution in [2.24, 2.45) is 0 Å². The van der Waals surface area contributed by atoms with Crippen molar-refractivity contribution in [1.29, 1.82) is 0 Å². The molecule has 0 saturated carbocycles. The minimum atomic E-state index is -3.57. The molecule has 0 aliphatic carbocycles. The van der Waals surface area contributed by atoms with Crippen LogP contribution in [0.15, 0.2) is 57.8 Å². The summed E-state index contributed by atoms with van der Waals surface area (Å²) in [6.07, 6.45) is 3.14. The molecular formula is C24H28N2O5S. The van der Waals surface area contributed by atoms with Gasteiger partial charge in [-0.15, -0.1) is 0 Å². The Morgan fingerprint density at radius 3 is 2.72 bits per heavy atom. The molecule has 1 amide bonds. The van der Waals surface area contributed by atoms with Crippen LogP contribution in [0.3, 0.4) is 0 Å². The van der Waals surface area contributed by atoms with E-state index in [4.69, 9.17) is 9.15 Å². The van der Waals surface area contributed by atoms with E-state index in [1.165, 1.54) is 0 Å². The van der Waals surface area contributed by atoms with Crippen LogP contribution >= 0.6 is 0 Å². The molecule has 1 N–H and O–H groups in total. The number of piperidine rings is 1. The number of benzene rings is 2. The second-order valence-electron chi connectivity index (χ2n) is 8.11. The van der Waals surface area contributed by atoms with Crippen molar-refractivity contribution in [3.63, 3.8) is 0 Å². The van der Waals surface area contributed by atoms with Gasteiger partial charge in [0.15, 0.2) is 17.1 Å². The van der Waals surface area contributed by atoms with Crippen LogP contribution in [-0.4, -0.2) is 44.9 Å². The molecule has 8 heteroatoms. The lowest BCUT2D eigenvalue weighted by atomic mass is 10.0. The average Bonchev–Trinajstić information content (AvgIpc) is 3.24. The van der Waals surface area contributed by atoms with E-state index < -0.39 is 10.0 Å². The second kappa shape index (κ2) is 9.34. The van der Waals surface area contributed by atoms with E-state index in [2.05, 4.69) is 5.32 Å². The van der Waals surface area contributed by atoms with Gasteiger partial charge < -0.3 is 14.5 Å². The van der Waals surface area contributed by atoms with E-state index in [0.29, 0.717) is 35.7 Å². The Labute approximate surface area is 188 Å². The first-order chi connectivity index (χ1) is 15.4. The van der Waals surface area contributed by atoms with Crippen molar-refractivity contribution >= 4 is 26.9 Å². The van der Waals surface area contributed by atoms with Crippen molar-refractivity contribution in [3.05, 3.63) is 59.9 Å². The molecule has 7 nitrogen and oxygen atoms in total. The van der Waals surface area contributed by atoms with Gasteiger partial charge in [-0.2, -0.15) is 4.31 Å². The molecule has 32 heavy (non-hydrogen) atoms. The number of sulfonamides is 1. The van der Waals surface area contributed by atoms with Gasteiger partial charge in [0.2, 0.25) is 10.0 Å². The number of rotatable bonds is 7. The molecule has 1 saturated heterocycles. The SMILES string of the molecule is COc1cccc2cc(C(=O)NCC[C@H]3CCCCN3S(=O)(=O)c3ccc(C)cc3)oc12. The van der Waals surface area contributed by atoms with Gasteiger partial charge in [-0.3, -0.25) is 4.79 Å². The molecule has 1 atom stereocenters. The first kappa shape index (κ1) is 22.4. The van der Waals surface area contributed by atoms with E-state index >= 15 is 0 Å². The van der Waals surface area contributed by atoms with Crippen molar-refractivity contribution in [2.75, 3.05) is 20.2 Å². The van der Waals surface area contributed by atoms with Crippen molar-refractivity contribution in [2.45, 2.75) is 43.5 Å². The first-order valence-electron chi connectivity index (χ1n) is 10.8. The van der Waals surface area contributed by atoms with Crippen molar-refractivity contribution in [3.8, 4) is 5.75 Å². The lowest BCUT2D eigenvalue weighted by Gasteiger charge is -2.34. The summed E-state index contributed by atoms with van der Waals surface area (Å²) >= 11 is 0. The molecule has 0 unspecified atom stereocenters. The Kier molecular flexibility index (Phi) is 6.53. The highest BCUT2D eigenvalue weighted by Crippen LogP contribution is 2.29. The van der Waals surface area contributed by atoms with Gasteiger partial charge in [-0.25, -0.2) is 8.42 Å². The maximum atomic E-state index is 13.2. The molecule has 1 fully saturated rings. The number of methoxy groups -OCH3 is 1. The number of hydrogen-bond acceptors (Lipinski definition) is 5. The average molecular weight is 457 g/mol. The largest absolute Gasteiger partial charge is 0.493 e. The van der Waals surface area contributed by atoms with E-state index in [1.54, 1.807) is 35.7 Å². The highest BCUT2D eigenvalue weighted by molar-refractivity contribution is 7.89. The minimum absolute atomic E-state index is 0.147. The van der Waals surface area contributed by atoms with Gasteiger partial charge >= 0.3 is 0 Å². The fourth-order valence-electron chi connectivity index (χ4n) is 4.17. The maximum Gasteiger partial charge on any atom is 0.287 e. The Balaban J connectivity index is 1.42. The van der Waals surface area contributed by atoms with E-state index in [0.717, 1.165) is 30.2 Å². The topological polar surface area (TPSA) is 88.9 Å². The summed E-state index contributed by atoms with van der Waals surface area (Å²) in [4.78, 5) is 12.9. The normalized spacial score (nSPS) is 17.4. The smallest absolute Gasteiger partial charge is 0.287 e. The fourth-order valence-corrected chi connectivity index (χ4v) is 5.90. The van der Waals surface area contributed by atoms with Gasteiger partial charge in [0.1, 0.15) is 0 Å². The summed E-state index contributed by atoms with van der Waals surface area (Å²) in [5.41, 5.74) is 1.55. The zero-order chi connectivity index (χ0) is 22.7. The Bertz CT molecular complexity index is 1200. The molecule has 1 aromatic heterocycles. The molecule has 1 aliphatic rings. The van der Waals surface area contributed by atoms with Crippen LogP contribution in [0, 0.1) is 6.92 Å². The van der Waals surface area contributed by atoms with Crippen LogP contribution in [0.2, 0.25) is 0 Å². The lowest BCUT2D eigenvalue weighted by Crippen LogP contribution is -2.45. The number of para-hydroxylation sites is 1. The van der Waals surface area contributed by atoms with Crippen LogP contribution in [0.5, 0.6) is 5.75 Å². The summed E-state index contributed by atoms with van der Waals surface area (Å²) in [7, 11) is -2.01. The maximum absolute atomic E-state index is 13.2. The summed E-state index contributed by atoms with van der Waals surface area (Å²) in [5, 5.41) is 3.66. The van der Waals surface area contributed by atoms with Crippen LogP contribution < -0.4 is 10.1 Å².